The number of ether oxygens (including phenoxy) is 1. The fourth-order valence-corrected chi connectivity index (χ4v) is 2.40. The summed E-state index contributed by atoms with van der Waals surface area (Å²) in [6.45, 7) is 4.75. The number of hydrogen-bond donors (Lipinski definition) is 0. The molecule has 0 aliphatic carbocycles. The van der Waals surface area contributed by atoms with Crippen molar-refractivity contribution in [1.29, 1.82) is 0 Å². The molecule has 2 aliphatic rings. The summed E-state index contributed by atoms with van der Waals surface area (Å²) in [5, 5.41) is 0. The van der Waals surface area contributed by atoms with Gasteiger partial charge >= 0.3 is 0 Å². The number of rotatable bonds is 2. The van der Waals surface area contributed by atoms with Gasteiger partial charge in [-0.1, -0.05) is 13.3 Å². The molecule has 2 rings (SSSR count). The van der Waals surface area contributed by atoms with Crippen LogP contribution in [0.2, 0.25) is 0 Å². The number of amides is 1. The quantitative estimate of drug-likeness (QED) is 0.670. The molecular formula is C11H19NO2. The summed E-state index contributed by atoms with van der Waals surface area (Å²) in [7, 11) is 0. The third-order valence-corrected chi connectivity index (χ3v) is 3.47. The second kappa shape index (κ2) is 4.30. The van der Waals surface area contributed by atoms with Gasteiger partial charge in [0.15, 0.2) is 0 Å². The van der Waals surface area contributed by atoms with E-state index in [1.54, 1.807) is 0 Å². The van der Waals surface area contributed by atoms with Crippen molar-refractivity contribution in [2.75, 3.05) is 19.8 Å². The molecule has 0 N–H and O–H groups in total. The minimum Gasteiger partial charge on any atom is -0.379 e. The summed E-state index contributed by atoms with van der Waals surface area (Å²) in [6, 6.07) is 0.372. The Balaban J connectivity index is 1.96. The largest absolute Gasteiger partial charge is 0.379 e. The zero-order valence-electron chi connectivity index (χ0n) is 8.87. The Labute approximate surface area is 85.4 Å². The van der Waals surface area contributed by atoms with Crippen LogP contribution in [0.5, 0.6) is 0 Å². The Bertz CT molecular complexity index is 211. The summed E-state index contributed by atoms with van der Waals surface area (Å²) in [6.07, 6.45) is 4.05. The maximum Gasteiger partial charge on any atom is 0.222 e. The van der Waals surface area contributed by atoms with Gasteiger partial charge in [-0.15, -0.1) is 0 Å². The van der Waals surface area contributed by atoms with Crippen LogP contribution in [0.1, 0.15) is 32.6 Å². The van der Waals surface area contributed by atoms with Gasteiger partial charge in [0.25, 0.3) is 0 Å². The van der Waals surface area contributed by atoms with E-state index in [0.717, 1.165) is 39.0 Å². The smallest absolute Gasteiger partial charge is 0.222 e. The standard InChI is InChI=1S/C11H19NO2/c1-2-9-3-4-11(13)12(7-9)10-5-6-14-8-10/h9-10H,2-8H2,1H3. The Morgan fingerprint density at radius 2 is 2.36 bits per heavy atom. The molecule has 2 heterocycles. The van der Waals surface area contributed by atoms with Crippen LogP contribution in [-0.4, -0.2) is 36.6 Å². The summed E-state index contributed by atoms with van der Waals surface area (Å²) >= 11 is 0. The highest BCUT2D eigenvalue weighted by molar-refractivity contribution is 5.77. The highest BCUT2D eigenvalue weighted by Gasteiger charge is 2.31. The summed E-state index contributed by atoms with van der Waals surface area (Å²) in [4.78, 5) is 13.8. The van der Waals surface area contributed by atoms with E-state index >= 15 is 0 Å². The first-order valence-corrected chi connectivity index (χ1v) is 5.68. The van der Waals surface area contributed by atoms with E-state index in [9.17, 15) is 4.79 Å². The van der Waals surface area contributed by atoms with Crippen molar-refractivity contribution in [2.24, 2.45) is 5.92 Å². The molecule has 0 radical (unpaired) electrons. The molecule has 2 aliphatic heterocycles. The average Bonchev–Trinajstić information content (AvgIpc) is 2.71. The molecule has 3 heteroatoms. The number of piperidine rings is 1. The molecule has 0 saturated carbocycles. The van der Waals surface area contributed by atoms with Crippen molar-refractivity contribution < 1.29 is 9.53 Å². The van der Waals surface area contributed by atoms with Crippen LogP contribution >= 0.6 is 0 Å². The molecule has 2 saturated heterocycles. The predicted molar refractivity (Wildman–Crippen MR) is 54.0 cm³/mol. The molecule has 14 heavy (non-hydrogen) atoms. The van der Waals surface area contributed by atoms with E-state index in [4.69, 9.17) is 4.74 Å². The van der Waals surface area contributed by atoms with Gasteiger partial charge in [-0.2, -0.15) is 0 Å². The summed E-state index contributed by atoms with van der Waals surface area (Å²) in [5.41, 5.74) is 0. The Morgan fingerprint density at radius 3 is 3.00 bits per heavy atom. The lowest BCUT2D eigenvalue weighted by Gasteiger charge is -2.35. The van der Waals surface area contributed by atoms with Gasteiger partial charge in [0.05, 0.1) is 12.6 Å². The maximum absolute atomic E-state index is 11.7. The first-order valence-electron chi connectivity index (χ1n) is 5.68. The fourth-order valence-electron chi connectivity index (χ4n) is 2.40. The van der Waals surface area contributed by atoms with Crippen LogP contribution in [0.4, 0.5) is 0 Å². The molecule has 2 unspecified atom stereocenters. The Morgan fingerprint density at radius 1 is 1.50 bits per heavy atom. The van der Waals surface area contributed by atoms with Gasteiger partial charge in [0.1, 0.15) is 0 Å². The van der Waals surface area contributed by atoms with Crippen molar-refractivity contribution in [3.63, 3.8) is 0 Å². The van der Waals surface area contributed by atoms with E-state index in [-0.39, 0.29) is 0 Å². The monoisotopic (exact) mass is 197 g/mol. The van der Waals surface area contributed by atoms with Crippen LogP contribution in [0.3, 0.4) is 0 Å². The zero-order chi connectivity index (χ0) is 9.97. The van der Waals surface area contributed by atoms with Gasteiger partial charge in [-0.25, -0.2) is 0 Å². The highest BCUT2D eigenvalue weighted by Crippen LogP contribution is 2.24. The summed E-state index contributed by atoms with van der Waals surface area (Å²) < 4.78 is 5.33. The third kappa shape index (κ3) is 1.92. The number of carbonyl (C=O) groups excluding carboxylic acids is 1. The first-order chi connectivity index (χ1) is 6.81. The van der Waals surface area contributed by atoms with Gasteiger partial charge in [-0.3, -0.25) is 4.79 Å². The predicted octanol–water partition coefficient (Wildman–Crippen LogP) is 1.42. The summed E-state index contributed by atoms with van der Waals surface area (Å²) in [5.74, 6) is 1.05. The highest BCUT2D eigenvalue weighted by atomic mass is 16.5. The van der Waals surface area contributed by atoms with Crippen LogP contribution in [0, 0.1) is 5.92 Å². The number of likely N-dealkylation sites (tertiary alicyclic amines) is 1. The molecule has 0 spiro atoms. The van der Waals surface area contributed by atoms with Crippen molar-refractivity contribution in [2.45, 2.75) is 38.6 Å². The van der Waals surface area contributed by atoms with Crippen molar-refractivity contribution >= 4 is 5.91 Å². The zero-order valence-corrected chi connectivity index (χ0v) is 8.87. The van der Waals surface area contributed by atoms with E-state index in [1.807, 2.05) is 0 Å². The molecule has 2 fully saturated rings. The number of nitrogens with zero attached hydrogens (tertiary/aromatic N) is 1. The molecule has 80 valence electrons. The molecule has 0 aromatic heterocycles. The molecule has 0 aromatic rings. The maximum atomic E-state index is 11.7. The molecule has 0 bridgehead atoms. The Kier molecular flexibility index (Phi) is 3.06. The van der Waals surface area contributed by atoms with E-state index < -0.39 is 0 Å². The lowest BCUT2D eigenvalue weighted by molar-refractivity contribution is -0.137. The van der Waals surface area contributed by atoms with Gasteiger partial charge in [0, 0.05) is 19.6 Å². The lowest BCUT2D eigenvalue weighted by Crippen LogP contribution is -2.46. The fraction of sp³-hybridized carbons (Fsp3) is 0.909. The molecule has 0 aromatic carbocycles. The van der Waals surface area contributed by atoms with Crippen molar-refractivity contribution in [3.8, 4) is 0 Å². The lowest BCUT2D eigenvalue weighted by atomic mass is 9.94. The van der Waals surface area contributed by atoms with Crippen molar-refractivity contribution in [1.82, 2.24) is 4.90 Å². The minimum absolute atomic E-state index is 0.338. The van der Waals surface area contributed by atoms with E-state index in [1.165, 1.54) is 6.42 Å². The molecule has 1 amide bonds. The molecule has 3 nitrogen and oxygen atoms in total. The SMILES string of the molecule is CCC1CCC(=O)N(C2CCOC2)C1. The van der Waals surface area contributed by atoms with Crippen LogP contribution in [0.15, 0.2) is 0 Å². The number of carbonyl (C=O) groups is 1. The van der Waals surface area contributed by atoms with Crippen LogP contribution < -0.4 is 0 Å². The van der Waals surface area contributed by atoms with Crippen LogP contribution in [0.25, 0.3) is 0 Å². The Hall–Kier alpha value is -0.570. The topological polar surface area (TPSA) is 29.5 Å². The molecular weight excluding hydrogens is 178 g/mol. The second-order valence-corrected chi connectivity index (χ2v) is 4.38. The van der Waals surface area contributed by atoms with E-state index in [2.05, 4.69) is 11.8 Å². The number of hydrogen-bond acceptors (Lipinski definition) is 2. The first kappa shape index (κ1) is 9.97. The van der Waals surface area contributed by atoms with Crippen molar-refractivity contribution in [3.05, 3.63) is 0 Å². The minimum atomic E-state index is 0.338. The third-order valence-electron chi connectivity index (χ3n) is 3.47. The average molecular weight is 197 g/mol. The van der Waals surface area contributed by atoms with Gasteiger partial charge in [-0.05, 0) is 18.8 Å². The second-order valence-electron chi connectivity index (χ2n) is 4.38. The van der Waals surface area contributed by atoms with E-state index in [0.29, 0.717) is 17.9 Å². The van der Waals surface area contributed by atoms with Gasteiger partial charge in [0.2, 0.25) is 5.91 Å². The molecule has 2 atom stereocenters. The van der Waals surface area contributed by atoms with Gasteiger partial charge < -0.3 is 9.64 Å². The normalized spacial score (nSPS) is 33.8. The van der Waals surface area contributed by atoms with Crippen LogP contribution in [-0.2, 0) is 9.53 Å².